The molecule has 4 fully saturated rings. The molecule has 20 heavy (non-hydrogen) atoms. The van der Waals surface area contributed by atoms with Crippen molar-refractivity contribution < 1.29 is 29.2 Å². The second-order valence-electron chi connectivity index (χ2n) is 5.33. The molecule has 1 aromatic carbocycles. The van der Waals surface area contributed by atoms with Crippen molar-refractivity contribution in [2.75, 3.05) is 0 Å². The summed E-state index contributed by atoms with van der Waals surface area (Å²) in [4.78, 5) is 0. The Bertz CT molecular complexity index is 460. The Balaban J connectivity index is 1.50. The third-order valence-corrected chi connectivity index (χ3v) is 4.08. The smallest absolute Gasteiger partial charge is 0.272 e. The van der Waals surface area contributed by atoms with E-state index in [1.807, 2.05) is 30.3 Å². The lowest BCUT2D eigenvalue weighted by molar-refractivity contribution is -0.484. The van der Waals surface area contributed by atoms with Crippen LogP contribution in [0.1, 0.15) is 5.56 Å². The molecule has 0 radical (unpaired) electrons. The fourth-order valence-corrected chi connectivity index (χ4v) is 3.07. The van der Waals surface area contributed by atoms with Gasteiger partial charge in [-0.25, -0.2) is 0 Å². The zero-order chi connectivity index (χ0) is 13.7. The summed E-state index contributed by atoms with van der Waals surface area (Å²) < 4.78 is 22.0. The van der Waals surface area contributed by atoms with E-state index in [4.69, 9.17) is 18.9 Å². The zero-order valence-electron chi connectivity index (χ0n) is 10.7. The lowest BCUT2D eigenvalue weighted by Crippen LogP contribution is -2.75. The standard InChI is InChI=1S/C14H16O6/c15-8-10-9(16)12-13(11(8)19-14(18-10)20-12)17-6-7-4-2-1-3-5-7/h1-5,8-16H,6H2/t8-,9-,10?,11-,12+,13?,14?/m1/s1. The lowest BCUT2D eigenvalue weighted by Gasteiger charge is -2.56. The van der Waals surface area contributed by atoms with Crippen molar-refractivity contribution in [2.24, 2.45) is 0 Å². The SMILES string of the molecule is O[C@@H]1C2OC3O[C@@H]1C(OCc1ccccc1)[C@H](O3)[C@@H]2O. The van der Waals surface area contributed by atoms with Crippen LogP contribution in [0.4, 0.5) is 0 Å². The van der Waals surface area contributed by atoms with Gasteiger partial charge in [0.1, 0.15) is 36.6 Å². The van der Waals surface area contributed by atoms with Crippen LogP contribution in [-0.4, -0.2) is 53.3 Å². The van der Waals surface area contributed by atoms with Gasteiger partial charge < -0.3 is 29.2 Å². The summed E-state index contributed by atoms with van der Waals surface area (Å²) in [5, 5.41) is 20.2. The second-order valence-corrected chi connectivity index (χ2v) is 5.33. The fourth-order valence-electron chi connectivity index (χ4n) is 3.07. The van der Waals surface area contributed by atoms with Gasteiger partial charge in [0.05, 0.1) is 6.61 Å². The molecule has 3 heterocycles. The molecule has 0 spiro atoms. The molecule has 2 N–H and O–H groups in total. The maximum atomic E-state index is 10.1. The normalized spacial score (nSPS) is 45.8. The van der Waals surface area contributed by atoms with Gasteiger partial charge >= 0.3 is 0 Å². The number of rotatable bonds is 3. The molecular weight excluding hydrogens is 264 g/mol. The van der Waals surface area contributed by atoms with Crippen LogP contribution in [0.2, 0.25) is 0 Å². The minimum atomic E-state index is -0.901. The van der Waals surface area contributed by atoms with E-state index in [2.05, 4.69) is 0 Å². The highest BCUT2D eigenvalue weighted by Gasteiger charge is 2.61. The van der Waals surface area contributed by atoms with Crippen molar-refractivity contribution in [1.82, 2.24) is 0 Å². The van der Waals surface area contributed by atoms with E-state index in [0.717, 1.165) is 5.56 Å². The Labute approximate surface area is 115 Å². The number of benzene rings is 1. The van der Waals surface area contributed by atoms with E-state index >= 15 is 0 Å². The van der Waals surface area contributed by atoms with Gasteiger partial charge in [0.15, 0.2) is 0 Å². The molecule has 1 aliphatic carbocycles. The van der Waals surface area contributed by atoms with E-state index in [1.165, 1.54) is 0 Å². The third-order valence-electron chi connectivity index (χ3n) is 4.08. The molecule has 4 aliphatic rings. The molecule has 3 unspecified atom stereocenters. The van der Waals surface area contributed by atoms with Crippen LogP contribution in [0, 0.1) is 0 Å². The van der Waals surface area contributed by atoms with Crippen molar-refractivity contribution in [3.05, 3.63) is 35.9 Å². The Hall–Kier alpha value is -1.02. The Morgan fingerprint density at radius 2 is 1.50 bits per heavy atom. The summed E-state index contributed by atoms with van der Waals surface area (Å²) in [5.41, 5.74) is 1.02. The maximum absolute atomic E-state index is 10.1. The number of hydrogen-bond donors (Lipinski definition) is 2. The zero-order valence-corrected chi connectivity index (χ0v) is 10.7. The van der Waals surface area contributed by atoms with Crippen molar-refractivity contribution in [1.29, 1.82) is 0 Å². The molecule has 0 amide bonds. The monoisotopic (exact) mass is 280 g/mol. The van der Waals surface area contributed by atoms with Gasteiger partial charge in [0.2, 0.25) is 0 Å². The number of hydrogen-bond acceptors (Lipinski definition) is 6. The summed E-state index contributed by atoms with van der Waals surface area (Å²) in [5.74, 6) is 0. The largest absolute Gasteiger partial charge is 0.387 e. The molecule has 108 valence electrons. The maximum Gasteiger partial charge on any atom is 0.272 e. The van der Waals surface area contributed by atoms with E-state index in [-0.39, 0.29) is 0 Å². The molecule has 6 nitrogen and oxygen atoms in total. The highest BCUT2D eigenvalue weighted by molar-refractivity contribution is 5.14. The molecule has 3 aliphatic heterocycles. The Kier molecular flexibility index (Phi) is 3.03. The van der Waals surface area contributed by atoms with Crippen molar-refractivity contribution >= 4 is 0 Å². The molecule has 5 rings (SSSR count). The quantitative estimate of drug-likeness (QED) is 0.796. The third kappa shape index (κ3) is 1.88. The lowest BCUT2D eigenvalue weighted by atomic mass is 9.82. The minimum absolute atomic E-state index is 0.376. The van der Waals surface area contributed by atoms with Crippen LogP contribution in [0.5, 0.6) is 0 Å². The highest BCUT2D eigenvalue weighted by atomic mass is 16.9. The van der Waals surface area contributed by atoms with Gasteiger partial charge in [0, 0.05) is 0 Å². The topological polar surface area (TPSA) is 77.4 Å². The van der Waals surface area contributed by atoms with Gasteiger partial charge in [-0.2, -0.15) is 0 Å². The fraction of sp³-hybridized carbons (Fsp3) is 0.571. The van der Waals surface area contributed by atoms with E-state index in [9.17, 15) is 10.2 Å². The highest BCUT2D eigenvalue weighted by Crippen LogP contribution is 2.41. The predicted molar refractivity (Wildman–Crippen MR) is 65.4 cm³/mol. The Morgan fingerprint density at radius 1 is 0.900 bits per heavy atom. The first-order chi connectivity index (χ1) is 9.74. The van der Waals surface area contributed by atoms with E-state index in [0.29, 0.717) is 6.61 Å². The first kappa shape index (κ1) is 12.7. The summed E-state index contributed by atoms with van der Waals surface area (Å²) in [7, 11) is 0. The average molecular weight is 280 g/mol. The summed E-state index contributed by atoms with van der Waals surface area (Å²) in [6.45, 7) is -0.431. The van der Waals surface area contributed by atoms with E-state index in [1.54, 1.807) is 0 Å². The molecule has 1 aromatic rings. The molecular formula is C14H16O6. The van der Waals surface area contributed by atoms with Crippen LogP contribution < -0.4 is 0 Å². The molecule has 3 saturated heterocycles. The van der Waals surface area contributed by atoms with Crippen LogP contribution in [0.15, 0.2) is 30.3 Å². The van der Waals surface area contributed by atoms with Gasteiger partial charge in [-0.3, -0.25) is 0 Å². The van der Waals surface area contributed by atoms with Crippen LogP contribution in [0.25, 0.3) is 0 Å². The number of aliphatic hydroxyl groups is 2. The minimum Gasteiger partial charge on any atom is -0.387 e. The van der Waals surface area contributed by atoms with Crippen LogP contribution in [0.3, 0.4) is 0 Å². The van der Waals surface area contributed by atoms with Crippen molar-refractivity contribution in [3.63, 3.8) is 0 Å². The molecule has 1 saturated carbocycles. The molecule has 0 aromatic heterocycles. The van der Waals surface area contributed by atoms with Gasteiger partial charge in [0.25, 0.3) is 6.48 Å². The molecule has 4 bridgehead atoms. The molecule has 7 atom stereocenters. The number of aliphatic hydroxyl groups excluding tert-OH is 2. The Morgan fingerprint density at radius 3 is 2.15 bits per heavy atom. The van der Waals surface area contributed by atoms with Gasteiger partial charge in [-0.1, -0.05) is 30.3 Å². The van der Waals surface area contributed by atoms with E-state index < -0.39 is 43.1 Å². The molecule has 6 heteroatoms. The second kappa shape index (κ2) is 4.77. The summed E-state index contributed by atoms with van der Waals surface area (Å²) >= 11 is 0. The predicted octanol–water partition coefficient (Wildman–Crippen LogP) is -0.226. The van der Waals surface area contributed by atoms with Crippen molar-refractivity contribution in [3.8, 4) is 0 Å². The average Bonchev–Trinajstić information content (AvgIpc) is 2.48. The first-order valence-corrected chi connectivity index (χ1v) is 6.72. The summed E-state index contributed by atoms with van der Waals surface area (Å²) in [6, 6.07) is 9.70. The van der Waals surface area contributed by atoms with Gasteiger partial charge in [-0.05, 0) is 5.56 Å². The van der Waals surface area contributed by atoms with Crippen LogP contribution >= 0.6 is 0 Å². The number of ether oxygens (including phenoxy) is 4. The van der Waals surface area contributed by atoms with Crippen molar-refractivity contribution in [2.45, 2.75) is 49.7 Å². The van der Waals surface area contributed by atoms with Crippen LogP contribution in [-0.2, 0) is 25.6 Å². The first-order valence-electron chi connectivity index (χ1n) is 6.72. The summed E-state index contributed by atoms with van der Waals surface area (Å²) in [6.07, 6.45) is -4.01. The van der Waals surface area contributed by atoms with Gasteiger partial charge in [-0.15, -0.1) is 0 Å².